The normalized spacial score (nSPS) is 13.3. The Labute approximate surface area is 150 Å². The quantitative estimate of drug-likeness (QED) is 0.773. The minimum absolute atomic E-state index is 0.00364. The molecule has 1 N–H and O–H groups in total. The van der Waals surface area contributed by atoms with Crippen LogP contribution in [0.15, 0.2) is 48.8 Å². The molecule has 4 rings (SSSR count). The Morgan fingerprint density at radius 1 is 1.23 bits per heavy atom. The minimum atomic E-state index is -0.195. The van der Waals surface area contributed by atoms with Crippen LogP contribution < -0.4 is 15.0 Å². The average Bonchev–Trinajstić information content (AvgIpc) is 2.64. The molecular weight excluding hydrogens is 330 g/mol. The number of amides is 2. The number of carbonyl (C=O) groups is 2. The van der Waals surface area contributed by atoms with Gasteiger partial charge in [-0.2, -0.15) is 0 Å². The lowest BCUT2D eigenvalue weighted by Crippen LogP contribution is -2.35. The lowest BCUT2D eigenvalue weighted by molar-refractivity contribution is -0.120. The van der Waals surface area contributed by atoms with Gasteiger partial charge in [0, 0.05) is 36.6 Å². The van der Waals surface area contributed by atoms with Gasteiger partial charge in [-0.05, 0) is 36.1 Å². The second-order valence-corrected chi connectivity index (χ2v) is 6.23. The van der Waals surface area contributed by atoms with Crippen molar-refractivity contribution in [1.82, 2.24) is 4.98 Å². The van der Waals surface area contributed by atoms with Crippen LogP contribution in [0.25, 0.3) is 10.8 Å². The molecule has 1 aliphatic heterocycles. The molecule has 1 aliphatic rings. The van der Waals surface area contributed by atoms with Gasteiger partial charge in [-0.25, -0.2) is 0 Å². The largest absolute Gasteiger partial charge is 0.481 e. The molecule has 0 aliphatic carbocycles. The summed E-state index contributed by atoms with van der Waals surface area (Å²) in [6, 6.07) is 11.0. The number of pyridine rings is 1. The highest BCUT2D eigenvalue weighted by Crippen LogP contribution is 2.34. The van der Waals surface area contributed by atoms with Crippen molar-refractivity contribution >= 4 is 34.0 Å². The number of anilines is 2. The molecule has 130 valence electrons. The molecule has 0 radical (unpaired) electrons. The Morgan fingerprint density at radius 2 is 2.08 bits per heavy atom. The molecule has 0 spiro atoms. The van der Waals surface area contributed by atoms with Gasteiger partial charge in [0.25, 0.3) is 11.8 Å². The zero-order valence-corrected chi connectivity index (χ0v) is 14.4. The second kappa shape index (κ2) is 6.15. The van der Waals surface area contributed by atoms with E-state index in [4.69, 9.17) is 4.74 Å². The molecule has 0 saturated heterocycles. The molecule has 0 unspecified atom stereocenters. The summed E-state index contributed by atoms with van der Waals surface area (Å²) in [6.45, 7) is 1.90. The highest BCUT2D eigenvalue weighted by atomic mass is 16.5. The van der Waals surface area contributed by atoms with Crippen molar-refractivity contribution in [3.63, 3.8) is 0 Å². The molecule has 6 nitrogen and oxygen atoms in total. The first kappa shape index (κ1) is 16.1. The highest BCUT2D eigenvalue weighted by molar-refractivity contribution is 6.14. The van der Waals surface area contributed by atoms with E-state index < -0.39 is 0 Å². The Hall–Kier alpha value is -3.41. The second-order valence-electron chi connectivity index (χ2n) is 6.23. The molecule has 0 bridgehead atoms. The Bertz CT molecular complexity index is 1050. The molecule has 6 heteroatoms. The van der Waals surface area contributed by atoms with Gasteiger partial charge in [0.2, 0.25) is 0 Å². The third-order valence-corrected chi connectivity index (χ3v) is 4.56. The summed E-state index contributed by atoms with van der Waals surface area (Å²) in [7, 11) is 1.70. The summed E-state index contributed by atoms with van der Waals surface area (Å²) in [4.78, 5) is 30.2. The number of carbonyl (C=O) groups excluding carboxylic acids is 2. The van der Waals surface area contributed by atoms with Crippen LogP contribution in [-0.4, -0.2) is 30.5 Å². The molecule has 0 fully saturated rings. The van der Waals surface area contributed by atoms with Crippen molar-refractivity contribution in [3.8, 4) is 5.75 Å². The van der Waals surface area contributed by atoms with Crippen LogP contribution in [0, 0.1) is 6.92 Å². The van der Waals surface area contributed by atoms with Crippen LogP contribution in [0.1, 0.15) is 15.9 Å². The van der Waals surface area contributed by atoms with E-state index in [1.165, 1.54) is 0 Å². The third kappa shape index (κ3) is 2.65. The molecule has 1 aromatic heterocycles. The number of likely N-dealkylation sites (N-methyl/N-ethyl adjacent to an activating group) is 1. The average molecular weight is 347 g/mol. The monoisotopic (exact) mass is 347 g/mol. The van der Waals surface area contributed by atoms with E-state index in [0.717, 1.165) is 16.3 Å². The summed E-state index contributed by atoms with van der Waals surface area (Å²) >= 11 is 0. The van der Waals surface area contributed by atoms with E-state index in [1.807, 2.05) is 25.1 Å². The Balaban J connectivity index is 1.68. The molecule has 0 saturated carbocycles. The Morgan fingerprint density at radius 3 is 2.92 bits per heavy atom. The first-order valence-electron chi connectivity index (χ1n) is 8.22. The maximum absolute atomic E-state index is 12.9. The smallest absolute Gasteiger partial charge is 0.264 e. The number of ether oxygens (including phenoxy) is 1. The summed E-state index contributed by atoms with van der Waals surface area (Å²) in [5.41, 5.74) is 2.81. The predicted molar refractivity (Wildman–Crippen MR) is 99.8 cm³/mol. The number of aryl methyl sites for hydroxylation is 1. The van der Waals surface area contributed by atoms with E-state index >= 15 is 0 Å². The first-order chi connectivity index (χ1) is 12.5. The van der Waals surface area contributed by atoms with E-state index in [-0.39, 0.29) is 18.4 Å². The van der Waals surface area contributed by atoms with E-state index in [0.29, 0.717) is 22.7 Å². The minimum Gasteiger partial charge on any atom is -0.481 e. The number of aromatic nitrogens is 1. The number of rotatable bonds is 2. The highest BCUT2D eigenvalue weighted by Gasteiger charge is 2.23. The Kier molecular flexibility index (Phi) is 3.80. The fourth-order valence-corrected chi connectivity index (χ4v) is 3.13. The van der Waals surface area contributed by atoms with Gasteiger partial charge in [0.1, 0.15) is 5.75 Å². The van der Waals surface area contributed by atoms with Crippen LogP contribution >= 0.6 is 0 Å². The maximum Gasteiger partial charge on any atom is 0.264 e. The first-order valence-corrected chi connectivity index (χ1v) is 8.22. The summed E-state index contributed by atoms with van der Waals surface area (Å²) in [5, 5.41) is 4.70. The van der Waals surface area contributed by atoms with Crippen LogP contribution in [0.3, 0.4) is 0 Å². The lowest BCUT2D eigenvalue weighted by atomic mass is 10.0. The molecule has 3 aromatic rings. The van der Waals surface area contributed by atoms with Crippen LogP contribution in [0.5, 0.6) is 5.75 Å². The van der Waals surface area contributed by atoms with Crippen molar-refractivity contribution in [2.24, 2.45) is 0 Å². The van der Waals surface area contributed by atoms with Gasteiger partial charge >= 0.3 is 0 Å². The lowest BCUT2D eigenvalue weighted by Gasteiger charge is -2.26. The molecule has 2 heterocycles. The van der Waals surface area contributed by atoms with Crippen LogP contribution in [-0.2, 0) is 4.79 Å². The van der Waals surface area contributed by atoms with Crippen molar-refractivity contribution < 1.29 is 14.3 Å². The summed E-state index contributed by atoms with van der Waals surface area (Å²) in [5.74, 6) is 0.275. The number of benzene rings is 2. The topological polar surface area (TPSA) is 71.5 Å². The van der Waals surface area contributed by atoms with Crippen molar-refractivity contribution in [3.05, 3.63) is 59.9 Å². The van der Waals surface area contributed by atoms with E-state index in [2.05, 4.69) is 10.3 Å². The van der Waals surface area contributed by atoms with Crippen molar-refractivity contribution in [2.75, 3.05) is 23.9 Å². The zero-order valence-electron chi connectivity index (χ0n) is 14.4. The third-order valence-electron chi connectivity index (χ3n) is 4.56. The zero-order chi connectivity index (χ0) is 18.3. The van der Waals surface area contributed by atoms with E-state index in [1.54, 1.807) is 42.5 Å². The summed E-state index contributed by atoms with van der Waals surface area (Å²) < 4.78 is 5.48. The molecular formula is C20H17N3O3. The van der Waals surface area contributed by atoms with Gasteiger partial charge in [-0.15, -0.1) is 0 Å². The molecule has 2 amide bonds. The number of hydrogen-bond acceptors (Lipinski definition) is 4. The predicted octanol–water partition coefficient (Wildman–Crippen LogP) is 3.15. The fraction of sp³-hybridized carbons (Fsp3) is 0.150. The fourth-order valence-electron chi connectivity index (χ4n) is 3.13. The number of nitrogens with one attached hydrogen (secondary N) is 1. The summed E-state index contributed by atoms with van der Waals surface area (Å²) in [6.07, 6.45) is 3.42. The number of fused-ring (bicyclic) bond motifs is 2. The SMILES string of the molecule is Cc1ccc2cnccc2c1C(=O)Nc1ccc2c(c1)OCC(=O)N2C. The standard InChI is InChI=1S/C20H17N3O3/c1-12-3-4-13-10-21-8-7-15(13)19(12)20(25)22-14-5-6-16-17(9-14)26-11-18(24)23(16)2/h3-10H,11H2,1-2H3,(H,22,25). The van der Waals surface area contributed by atoms with Crippen LogP contribution in [0.4, 0.5) is 11.4 Å². The number of nitrogens with zero attached hydrogens (tertiary/aromatic N) is 2. The van der Waals surface area contributed by atoms with Crippen molar-refractivity contribution in [1.29, 1.82) is 0 Å². The maximum atomic E-state index is 12.9. The van der Waals surface area contributed by atoms with Gasteiger partial charge in [0.05, 0.1) is 11.3 Å². The van der Waals surface area contributed by atoms with E-state index in [9.17, 15) is 9.59 Å². The molecule has 0 atom stereocenters. The van der Waals surface area contributed by atoms with Crippen molar-refractivity contribution in [2.45, 2.75) is 6.92 Å². The number of hydrogen-bond donors (Lipinski definition) is 1. The van der Waals surface area contributed by atoms with Gasteiger partial charge < -0.3 is 15.0 Å². The van der Waals surface area contributed by atoms with Crippen LogP contribution in [0.2, 0.25) is 0 Å². The molecule has 26 heavy (non-hydrogen) atoms. The van der Waals surface area contributed by atoms with Gasteiger partial charge in [0.15, 0.2) is 6.61 Å². The molecule has 2 aromatic carbocycles. The van der Waals surface area contributed by atoms with Gasteiger partial charge in [-0.1, -0.05) is 12.1 Å². The van der Waals surface area contributed by atoms with Gasteiger partial charge in [-0.3, -0.25) is 14.6 Å².